The van der Waals surface area contributed by atoms with Crippen LogP contribution in [0.25, 0.3) is 10.8 Å². The van der Waals surface area contributed by atoms with Crippen molar-refractivity contribution in [2.75, 3.05) is 36.9 Å². The topological polar surface area (TPSA) is 15.5 Å². The molecule has 1 aliphatic carbocycles. The van der Waals surface area contributed by atoms with Crippen molar-refractivity contribution in [1.29, 1.82) is 0 Å². The number of ether oxygens (including phenoxy) is 1. The summed E-state index contributed by atoms with van der Waals surface area (Å²) in [5.41, 5.74) is 4.31. The smallest absolute Gasteiger partial charge is 0.236 e. The van der Waals surface area contributed by atoms with Gasteiger partial charge < -0.3 is 9.64 Å². The van der Waals surface area contributed by atoms with E-state index >= 15 is 0 Å². The third kappa shape index (κ3) is 4.93. The average molecular weight is 512 g/mol. The van der Waals surface area contributed by atoms with Crippen LogP contribution in [0.5, 0.6) is 5.75 Å². The first-order chi connectivity index (χ1) is 18.1. The van der Waals surface area contributed by atoms with Crippen molar-refractivity contribution in [3.63, 3.8) is 0 Å². The van der Waals surface area contributed by atoms with E-state index in [9.17, 15) is 0 Å². The molecule has 0 amide bonds. The third-order valence-electron chi connectivity index (χ3n) is 8.55. The Morgan fingerprint density at radius 1 is 1.00 bits per heavy atom. The van der Waals surface area contributed by atoms with Crippen LogP contribution in [0.3, 0.4) is 0 Å². The number of hydrogen-bond donors (Lipinski definition) is 0. The molecule has 1 fully saturated rings. The molecule has 37 heavy (non-hydrogen) atoms. The monoisotopic (exact) mass is 511 g/mol. The normalized spacial score (nSPS) is 20.4. The van der Waals surface area contributed by atoms with E-state index in [1.807, 2.05) is 42.1 Å². The van der Waals surface area contributed by atoms with Gasteiger partial charge in [-0.2, -0.15) is 0 Å². The second-order valence-electron chi connectivity index (χ2n) is 11.3. The maximum Gasteiger partial charge on any atom is 0.236 e. The lowest BCUT2D eigenvalue weighted by molar-refractivity contribution is -0.518. The zero-order chi connectivity index (χ0) is 25.2. The number of allylic oxidation sites excluding steroid dienone is 1. The molecule has 0 saturated heterocycles. The van der Waals surface area contributed by atoms with Crippen LogP contribution in [0.15, 0.2) is 78.5 Å². The number of hydrogen-bond acceptors (Lipinski definition) is 3. The van der Waals surface area contributed by atoms with Crippen molar-refractivity contribution in [2.45, 2.75) is 51.4 Å². The fourth-order valence-corrected chi connectivity index (χ4v) is 7.65. The highest BCUT2D eigenvalue weighted by Crippen LogP contribution is 2.51. The zero-order valence-electron chi connectivity index (χ0n) is 22.3. The van der Waals surface area contributed by atoms with Gasteiger partial charge in [0.15, 0.2) is 13.1 Å². The second kappa shape index (κ2) is 10.6. The molecular weight excluding hydrogens is 472 g/mol. The highest BCUT2D eigenvalue weighted by Gasteiger charge is 2.42. The van der Waals surface area contributed by atoms with E-state index in [1.165, 1.54) is 64.9 Å². The van der Waals surface area contributed by atoms with E-state index in [-0.39, 0.29) is 5.41 Å². The highest BCUT2D eigenvalue weighted by molar-refractivity contribution is 8.14. The molecule has 0 N–H and O–H groups in total. The maximum absolute atomic E-state index is 6.05. The van der Waals surface area contributed by atoms with Gasteiger partial charge >= 0.3 is 0 Å². The van der Waals surface area contributed by atoms with E-state index in [4.69, 9.17) is 4.74 Å². The number of fused-ring (bicyclic) bond motifs is 3. The van der Waals surface area contributed by atoms with Gasteiger partial charge in [0.1, 0.15) is 12.4 Å². The molecule has 4 heteroatoms. The molecule has 0 bridgehead atoms. The van der Waals surface area contributed by atoms with Gasteiger partial charge in [-0.15, -0.1) is 0 Å². The zero-order valence-corrected chi connectivity index (χ0v) is 23.1. The largest absolute Gasteiger partial charge is 0.487 e. The predicted molar refractivity (Wildman–Crippen MR) is 158 cm³/mol. The summed E-state index contributed by atoms with van der Waals surface area (Å²) in [6.07, 6.45) is 9.44. The Morgan fingerprint density at radius 3 is 2.62 bits per heavy atom. The summed E-state index contributed by atoms with van der Waals surface area (Å²) < 4.78 is 8.57. The number of thioether (sulfide) groups is 1. The Balaban J connectivity index is 1.33. The number of nitrogens with zero attached hydrogens (tertiary/aromatic N) is 2. The summed E-state index contributed by atoms with van der Waals surface area (Å²) in [6.45, 7) is 8.68. The van der Waals surface area contributed by atoms with Gasteiger partial charge in [0.2, 0.25) is 5.04 Å². The van der Waals surface area contributed by atoms with Crippen molar-refractivity contribution >= 4 is 33.3 Å². The molecule has 6 rings (SSSR count). The van der Waals surface area contributed by atoms with Gasteiger partial charge in [-0.3, -0.25) is 0 Å². The van der Waals surface area contributed by atoms with E-state index in [2.05, 4.69) is 65.8 Å². The van der Waals surface area contributed by atoms with Crippen molar-refractivity contribution in [3.8, 4) is 5.75 Å². The molecular formula is C33H39N2OS+. The molecule has 192 valence electrons. The van der Waals surface area contributed by atoms with Gasteiger partial charge in [0, 0.05) is 29.4 Å². The maximum atomic E-state index is 6.05. The van der Waals surface area contributed by atoms with E-state index < -0.39 is 0 Å². The molecule has 0 unspecified atom stereocenters. The Hall–Kier alpha value is -2.72. The minimum absolute atomic E-state index is 0.0474. The summed E-state index contributed by atoms with van der Waals surface area (Å²) >= 11 is 2.00. The Morgan fingerprint density at radius 2 is 1.78 bits per heavy atom. The molecule has 2 heterocycles. The highest BCUT2D eigenvalue weighted by atomic mass is 32.2. The molecule has 0 atom stereocenters. The first-order valence-corrected chi connectivity index (χ1v) is 15.0. The number of para-hydroxylation sites is 1. The van der Waals surface area contributed by atoms with E-state index in [1.54, 1.807) is 0 Å². The number of rotatable bonds is 8. The molecule has 0 radical (unpaired) electrons. The first kappa shape index (κ1) is 24.6. The van der Waals surface area contributed by atoms with Gasteiger partial charge in [-0.05, 0) is 46.9 Å². The van der Waals surface area contributed by atoms with Gasteiger partial charge in [-0.1, -0.05) is 99.8 Å². The molecule has 3 aromatic rings. The Labute approximate surface area is 226 Å². The van der Waals surface area contributed by atoms with Crippen molar-refractivity contribution < 1.29 is 9.31 Å². The van der Waals surface area contributed by atoms with Crippen LogP contribution >= 0.6 is 11.8 Å². The fraction of sp³-hybridized carbons (Fsp3) is 0.424. The lowest BCUT2D eigenvalue weighted by Crippen LogP contribution is -2.29. The number of anilines is 1. The van der Waals surface area contributed by atoms with Crippen molar-refractivity contribution in [1.82, 2.24) is 0 Å². The molecule has 0 aromatic heterocycles. The molecule has 3 aliphatic rings. The summed E-state index contributed by atoms with van der Waals surface area (Å²) in [4.78, 5) is 2.67. The van der Waals surface area contributed by atoms with Crippen LogP contribution in [0.4, 0.5) is 5.69 Å². The van der Waals surface area contributed by atoms with Crippen LogP contribution < -0.4 is 9.64 Å². The standard InChI is InChI=1S/C33H39N2OS/c1-33(2)30(24-31-34(21-23-37-31)20-22-36-27-13-4-3-5-14-27)35(19-18-25-10-6-7-11-25)29-17-16-26-12-8-9-15-28(26)32(29)33/h3-5,8-9,12-17,24-25H,6-7,10-11,18-23H2,1-2H3/q+1. The van der Waals surface area contributed by atoms with Crippen LogP contribution in [-0.2, 0) is 5.41 Å². The fourth-order valence-electron chi connectivity index (χ4n) is 6.57. The quantitative estimate of drug-likeness (QED) is 0.289. The van der Waals surface area contributed by atoms with E-state index in [0.29, 0.717) is 6.61 Å². The lowest BCUT2D eigenvalue weighted by atomic mass is 9.81. The third-order valence-corrected chi connectivity index (χ3v) is 9.60. The summed E-state index contributed by atoms with van der Waals surface area (Å²) in [5, 5.41) is 4.13. The van der Waals surface area contributed by atoms with Gasteiger partial charge in [0.25, 0.3) is 0 Å². The van der Waals surface area contributed by atoms with E-state index in [0.717, 1.165) is 37.1 Å². The summed E-state index contributed by atoms with van der Waals surface area (Å²) in [6, 6.07) is 23.8. The Kier molecular flexibility index (Phi) is 7.03. The molecule has 3 nitrogen and oxygen atoms in total. The SMILES string of the molecule is CC1(C)/C(=C\C2=[N+](CCOc3ccccc3)CCS2)N(CCC2CCCC2)c2ccc3ccccc3c21. The van der Waals surface area contributed by atoms with Crippen LogP contribution in [0, 0.1) is 5.92 Å². The first-order valence-electron chi connectivity index (χ1n) is 14.1. The molecule has 0 spiro atoms. The van der Waals surface area contributed by atoms with Crippen LogP contribution in [0.1, 0.15) is 51.5 Å². The second-order valence-corrected chi connectivity index (χ2v) is 12.4. The minimum atomic E-state index is -0.0474. The van der Waals surface area contributed by atoms with Gasteiger partial charge in [-0.25, -0.2) is 4.58 Å². The predicted octanol–water partition coefficient (Wildman–Crippen LogP) is 7.64. The average Bonchev–Trinajstić information content (AvgIpc) is 3.64. The summed E-state index contributed by atoms with van der Waals surface area (Å²) in [5.74, 6) is 2.98. The number of benzene rings is 3. The van der Waals surface area contributed by atoms with Gasteiger partial charge in [0.05, 0.1) is 5.75 Å². The summed E-state index contributed by atoms with van der Waals surface area (Å²) in [7, 11) is 0. The molecule has 1 saturated carbocycles. The minimum Gasteiger partial charge on any atom is -0.487 e. The Bertz CT molecular complexity index is 1320. The van der Waals surface area contributed by atoms with Crippen LogP contribution in [0.2, 0.25) is 0 Å². The molecule has 2 aliphatic heterocycles. The van der Waals surface area contributed by atoms with Crippen molar-refractivity contribution in [2.24, 2.45) is 5.92 Å². The molecule has 3 aromatic carbocycles. The lowest BCUT2D eigenvalue weighted by Gasteiger charge is -2.28. The van der Waals surface area contributed by atoms with Crippen LogP contribution in [-0.4, -0.2) is 41.6 Å². The van der Waals surface area contributed by atoms with Crippen molar-refractivity contribution in [3.05, 3.63) is 84.1 Å².